The molecule has 1 aliphatic heterocycles. The molecule has 1 fully saturated rings. The number of halogens is 1. The van der Waals surface area contributed by atoms with Crippen LogP contribution in [-0.4, -0.2) is 43.6 Å². The zero-order valence-electron chi connectivity index (χ0n) is 17.6. The predicted molar refractivity (Wildman–Crippen MR) is 124 cm³/mol. The molecule has 0 saturated carbocycles. The number of hydrogen-bond donors (Lipinski definition) is 1. The summed E-state index contributed by atoms with van der Waals surface area (Å²) in [6, 6.07) is 9.97. The number of carboxylic acid groups (broad SMARTS) is 1. The fraction of sp³-hybridized carbons (Fsp3) is 0.208. The molecule has 166 valence electrons. The zero-order valence-corrected chi connectivity index (χ0v) is 18.4. The molecule has 0 bridgehead atoms. The molecule has 9 heteroatoms. The molecule has 1 aliphatic rings. The van der Waals surface area contributed by atoms with Crippen molar-refractivity contribution in [3.63, 3.8) is 0 Å². The van der Waals surface area contributed by atoms with Crippen molar-refractivity contribution in [2.75, 3.05) is 11.4 Å². The van der Waals surface area contributed by atoms with Crippen molar-refractivity contribution in [1.29, 1.82) is 0 Å². The van der Waals surface area contributed by atoms with Gasteiger partial charge in [0, 0.05) is 47.9 Å². The first-order chi connectivity index (χ1) is 16.1. The summed E-state index contributed by atoms with van der Waals surface area (Å²) in [5.74, 6) is -1.09. The second-order valence-electron chi connectivity index (χ2n) is 7.83. The second-order valence-corrected chi connectivity index (χ2v) is 8.81. The van der Waals surface area contributed by atoms with Gasteiger partial charge in [0.2, 0.25) is 0 Å². The van der Waals surface area contributed by atoms with Gasteiger partial charge >= 0.3 is 5.97 Å². The van der Waals surface area contributed by atoms with Gasteiger partial charge in [0.25, 0.3) is 0 Å². The highest BCUT2D eigenvalue weighted by molar-refractivity contribution is 7.19. The van der Waals surface area contributed by atoms with E-state index in [2.05, 4.69) is 19.9 Å². The van der Waals surface area contributed by atoms with E-state index in [0.717, 1.165) is 57.5 Å². The Morgan fingerprint density at radius 1 is 1.06 bits per heavy atom. The van der Waals surface area contributed by atoms with Crippen LogP contribution in [0.5, 0.6) is 0 Å². The van der Waals surface area contributed by atoms with Crippen molar-refractivity contribution in [2.24, 2.45) is 0 Å². The Hall–Kier alpha value is -3.72. The smallest absolute Gasteiger partial charge is 0.305 e. The van der Waals surface area contributed by atoms with Gasteiger partial charge < -0.3 is 10.0 Å². The van der Waals surface area contributed by atoms with E-state index >= 15 is 0 Å². The fourth-order valence-electron chi connectivity index (χ4n) is 4.07. The van der Waals surface area contributed by atoms with E-state index in [1.165, 1.54) is 29.8 Å². The first-order valence-corrected chi connectivity index (χ1v) is 11.4. The van der Waals surface area contributed by atoms with Crippen molar-refractivity contribution in [2.45, 2.75) is 25.3 Å². The molecule has 1 N–H and O–H groups in total. The largest absolute Gasteiger partial charge is 0.481 e. The quantitative estimate of drug-likeness (QED) is 0.436. The number of carboxylic acids is 1. The third kappa shape index (κ3) is 4.45. The summed E-state index contributed by atoms with van der Waals surface area (Å²) in [4.78, 5) is 32.1. The molecule has 1 saturated heterocycles. The molecule has 4 heterocycles. The molecule has 33 heavy (non-hydrogen) atoms. The van der Waals surface area contributed by atoms with Crippen LogP contribution < -0.4 is 4.90 Å². The molecule has 1 aromatic carbocycles. The molecular weight excluding hydrogens is 441 g/mol. The molecule has 1 unspecified atom stereocenters. The average Bonchev–Trinajstić information content (AvgIpc) is 3.47. The number of carbonyl (C=O) groups is 1. The zero-order chi connectivity index (χ0) is 22.8. The Balaban J connectivity index is 1.53. The van der Waals surface area contributed by atoms with Crippen LogP contribution in [0.1, 0.15) is 19.3 Å². The van der Waals surface area contributed by atoms with Gasteiger partial charge in [0.15, 0.2) is 5.13 Å². The number of benzene rings is 1. The van der Waals surface area contributed by atoms with Gasteiger partial charge in [-0.15, -0.1) is 0 Å². The molecule has 0 radical (unpaired) electrons. The van der Waals surface area contributed by atoms with Gasteiger partial charge in [-0.25, -0.2) is 19.3 Å². The van der Waals surface area contributed by atoms with Gasteiger partial charge in [-0.05, 0) is 49.2 Å². The summed E-state index contributed by atoms with van der Waals surface area (Å²) in [6.45, 7) is 0.775. The van der Waals surface area contributed by atoms with Crippen molar-refractivity contribution in [1.82, 2.24) is 19.9 Å². The van der Waals surface area contributed by atoms with E-state index in [4.69, 9.17) is 4.98 Å². The van der Waals surface area contributed by atoms with Gasteiger partial charge in [0.1, 0.15) is 12.1 Å². The molecule has 4 aromatic rings. The van der Waals surface area contributed by atoms with Gasteiger partial charge in [-0.2, -0.15) is 0 Å². The maximum Gasteiger partial charge on any atom is 0.305 e. The number of aromatic nitrogens is 4. The van der Waals surface area contributed by atoms with Crippen molar-refractivity contribution < 1.29 is 14.3 Å². The summed E-state index contributed by atoms with van der Waals surface area (Å²) in [6.07, 6.45) is 8.58. The lowest BCUT2D eigenvalue weighted by Crippen LogP contribution is -2.31. The maximum atomic E-state index is 13.2. The van der Waals surface area contributed by atoms with Crippen LogP contribution in [0.3, 0.4) is 0 Å². The SMILES string of the molecule is O=C(O)CC1CCCN1c1nc(-c2ccc(-c3ccc(F)cc3)nc2)c(-c2cncnc2)s1. The molecule has 0 spiro atoms. The minimum atomic E-state index is -0.805. The topological polar surface area (TPSA) is 92.1 Å². The minimum Gasteiger partial charge on any atom is -0.481 e. The van der Waals surface area contributed by atoms with Gasteiger partial charge in [-0.1, -0.05) is 11.3 Å². The Bertz CT molecular complexity index is 1260. The number of hydrogen-bond acceptors (Lipinski definition) is 7. The molecule has 0 amide bonds. The lowest BCUT2D eigenvalue weighted by atomic mass is 10.1. The second kappa shape index (κ2) is 9.03. The van der Waals surface area contributed by atoms with Crippen molar-refractivity contribution >= 4 is 22.4 Å². The summed E-state index contributed by atoms with van der Waals surface area (Å²) >= 11 is 1.51. The first kappa shape index (κ1) is 21.1. The van der Waals surface area contributed by atoms with E-state index in [1.54, 1.807) is 30.7 Å². The normalized spacial score (nSPS) is 15.7. The van der Waals surface area contributed by atoms with Crippen LogP contribution >= 0.6 is 11.3 Å². The standard InChI is InChI=1S/C24H20FN5O2S/c25-18-6-3-15(4-7-18)20-8-5-16(13-28-20)22-23(17-11-26-14-27-12-17)33-24(29-22)30-9-1-2-19(30)10-21(31)32/h3-8,11-14,19H,1-2,9-10H2,(H,31,32). The average molecular weight is 462 g/mol. The molecule has 5 rings (SSSR count). The van der Waals surface area contributed by atoms with E-state index in [1.807, 2.05) is 12.1 Å². The summed E-state index contributed by atoms with van der Waals surface area (Å²) in [7, 11) is 0. The number of pyridine rings is 1. The minimum absolute atomic E-state index is 0.0691. The van der Waals surface area contributed by atoms with E-state index in [9.17, 15) is 14.3 Å². The van der Waals surface area contributed by atoms with E-state index in [0.29, 0.717) is 0 Å². The molecule has 0 aliphatic carbocycles. The van der Waals surface area contributed by atoms with Crippen LogP contribution in [0.4, 0.5) is 9.52 Å². The first-order valence-electron chi connectivity index (χ1n) is 10.6. The van der Waals surface area contributed by atoms with Crippen LogP contribution in [0.25, 0.3) is 33.0 Å². The number of nitrogens with zero attached hydrogens (tertiary/aromatic N) is 5. The number of aliphatic carboxylic acids is 1. The summed E-state index contributed by atoms with van der Waals surface area (Å²) < 4.78 is 13.2. The summed E-state index contributed by atoms with van der Waals surface area (Å²) in [5.41, 5.74) is 3.99. The van der Waals surface area contributed by atoms with E-state index in [-0.39, 0.29) is 18.3 Å². The third-order valence-corrected chi connectivity index (χ3v) is 6.79. The highest BCUT2D eigenvalue weighted by Crippen LogP contribution is 2.42. The Labute approximate surface area is 193 Å². The van der Waals surface area contributed by atoms with Gasteiger partial charge in [0.05, 0.1) is 22.7 Å². The molecule has 7 nitrogen and oxygen atoms in total. The highest BCUT2D eigenvalue weighted by atomic mass is 32.1. The Morgan fingerprint density at radius 2 is 1.82 bits per heavy atom. The third-order valence-electron chi connectivity index (χ3n) is 5.65. The molecule has 3 aromatic heterocycles. The lowest BCUT2D eigenvalue weighted by molar-refractivity contribution is -0.137. The van der Waals surface area contributed by atoms with Crippen LogP contribution in [0.2, 0.25) is 0 Å². The monoisotopic (exact) mass is 461 g/mol. The van der Waals surface area contributed by atoms with Crippen LogP contribution in [0.15, 0.2) is 61.3 Å². The number of rotatable bonds is 6. The maximum absolute atomic E-state index is 13.2. The predicted octanol–water partition coefficient (Wildman–Crippen LogP) is 4.91. The molecular formula is C24H20FN5O2S. The lowest BCUT2D eigenvalue weighted by Gasteiger charge is -2.22. The molecule has 1 atom stereocenters. The van der Waals surface area contributed by atoms with E-state index < -0.39 is 5.97 Å². The number of anilines is 1. The van der Waals surface area contributed by atoms with Crippen LogP contribution in [0, 0.1) is 5.82 Å². The Morgan fingerprint density at radius 3 is 2.52 bits per heavy atom. The van der Waals surface area contributed by atoms with Crippen molar-refractivity contribution in [3.8, 4) is 33.0 Å². The van der Waals surface area contributed by atoms with Crippen LogP contribution in [-0.2, 0) is 4.79 Å². The van der Waals surface area contributed by atoms with Gasteiger partial charge in [-0.3, -0.25) is 9.78 Å². The van der Waals surface area contributed by atoms with Crippen molar-refractivity contribution in [3.05, 3.63) is 67.1 Å². The Kier molecular flexibility index (Phi) is 5.78. The fourth-order valence-corrected chi connectivity index (χ4v) is 5.23. The summed E-state index contributed by atoms with van der Waals surface area (Å²) in [5, 5.41) is 10.1. The highest BCUT2D eigenvalue weighted by Gasteiger charge is 2.30. The number of thiazole rings is 1.